The molecule has 1 fully saturated rings. The lowest BCUT2D eigenvalue weighted by molar-refractivity contribution is -0.138. The van der Waals surface area contributed by atoms with Crippen LogP contribution in [0.2, 0.25) is 0 Å². The zero-order chi connectivity index (χ0) is 25.2. The zero-order valence-corrected chi connectivity index (χ0v) is 22.3. The Morgan fingerprint density at radius 3 is 2.72 bits per heavy atom. The van der Waals surface area contributed by atoms with Crippen molar-refractivity contribution >= 4 is 43.4 Å². The lowest BCUT2D eigenvalue weighted by Crippen LogP contribution is -2.36. The van der Waals surface area contributed by atoms with Crippen LogP contribution in [0.3, 0.4) is 0 Å². The molecule has 0 saturated carbocycles. The van der Waals surface area contributed by atoms with Crippen molar-refractivity contribution in [3.63, 3.8) is 0 Å². The summed E-state index contributed by atoms with van der Waals surface area (Å²) in [6.07, 6.45) is 3.24. The summed E-state index contributed by atoms with van der Waals surface area (Å²) >= 11 is 1.70. The van der Waals surface area contributed by atoms with Gasteiger partial charge in [-0.1, -0.05) is 11.3 Å². The van der Waals surface area contributed by atoms with Crippen LogP contribution in [0.4, 0.5) is 5.13 Å². The number of aryl methyl sites for hydroxylation is 1. The molecule has 2 aliphatic heterocycles. The van der Waals surface area contributed by atoms with Crippen molar-refractivity contribution in [1.29, 1.82) is 0 Å². The van der Waals surface area contributed by atoms with Crippen molar-refractivity contribution in [2.24, 2.45) is 0 Å². The van der Waals surface area contributed by atoms with Crippen molar-refractivity contribution in [3.05, 3.63) is 47.2 Å². The molecule has 1 saturated heterocycles. The standard InChI is InChI=1S/C29H31N3O3S/c1-16-15-20-27(36-28(31-20)32-12-6-13-32)24(22(16)26(17(2)33)35-29(3,4)5)19-7-8-21-23-18(10-14-34-21)9-11-30-25(19)23/h7-9,11,15,26H,6,10,12-14H2,1-5H3/t26-/m1/s1. The Bertz CT molecular complexity index is 1500. The Hall–Kier alpha value is -3.03. The van der Waals surface area contributed by atoms with Gasteiger partial charge in [-0.3, -0.25) is 9.78 Å². The third-order valence-electron chi connectivity index (χ3n) is 6.98. The minimum Gasteiger partial charge on any atom is -0.493 e. The number of pyridine rings is 1. The fourth-order valence-electron chi connectivity index (χ4n) is 5.25. The van der Waals surface area contributed by atoms with Crippen LogP contribution in [0, 0.1) is 6.92 Å². The van der Waals surface area contributed by atoms with E-state index in [0.29, 0.717) is 6.61 Å². The Labute approximate surface area is 215 Å². The second kappa shape index (κ2) is 8.53. The molecule has 0 unspecified atom stereocenters. The Kier molecular flexibility index (Phi) is 5.54. The van der Waals surface area contributed by atoms with Crippen LogP contribution in [-0.2, 0) is 16.0 Å². The summed E-state index contributed by atoms with van der Waals surface area (Å²) < 4.78 is 13.5. The third-order valence-corrected chi connectivity index (χ3v) is 8.13. The van der Waals surface area contributed by atoms with Gasteiger partial charge in [0, 0.05) is 47.8 Å². The van der Waals surface area contributed by atoms with E-state index in [1.54, 1.807) is 18.3 Å². The molecular weight excluding hydrogens is 470 g/mol. The molecule has 4 heterocycles. The van der Waals surface area contributed by atoms with Gasteiger partial charge < -0.3 is 14.4 Å². The predicted octanol–water partition coefficient (Wildman–Crippen LogP) is 6.41. The molecule has 0 radical (unpaired) electrons. The summed E-state index contributed by atoms with van der Waals surface area (Å²) in [5, 5.41) is 2.09. The van der Waals surface area contributed by atoms with Crippen LogP contribution in [-0.4, -0.2) is 41.0 Å². The van der Waals surface area contributed by atoms with Gasteiger partial charge >= 0.3 is 0 Å². The lowest BCUT2D eigenvalue weighted by Gasteiger charge is -2.30. The van der Waals surface area contributed by atoms with Crippen molar-refractivity contribution < 1.29 is 14.3 Å². The van der Waals surface area contributed by atoms with Gasteiger partial charge in [0.25, 0.3) is 0 Å². The molecule has 7 heteroatoms. The minimum atomic E-state index is -0.693. The molecule has 0 amide bonds. The first-order chi connectivity index (χ1) is 17.2. The molecule has 2 aliphatic rings. The number of rotatable bonds is 5. The van der Waals surface area contributed by atoms with E-state index in [2.05, 4.69) is 30.0 Å². The van der Waals surface area contributed by atoms with Gasteiger partial charge in [0.2, 0.25) is 0 Å². The molecule has 0 bridgehead atoms. The monoisotopic (exact) mass is 501 g/mol. The van der Waals surface area contributed by atoms with E-state index in [0.717, 1.165) is 73.8 Å². The third kappa shape index (κ3) is 3.85. The average Bonchev–Trinajstić information content (AvgIpc) is 3.18. The Morgan fingerprint density at radius 2 is 2.03 bits per heavy atom. The predicted molar refractivity (Wildman–Crippen MR) is 145 cm³/mol. The van der Waals surface area contributed by atoms with Crippen LogP contribution in [0.15, 0.2) is 30.5 Å². The molecule has 6 rings (SSSR count). The highest BCUT2D eigenvalue weighted by molar-refractivity contribution is 7.22. The van der Waals surface area contributed by atoms with Crippen LogP contribution >= 0.6 is 11.3 Å². The molecule has 36 heavy (non-hydrogen) atoms. The van der Waals surface area contributed by atoms with E-state index in [9.17, 15) is 4.79 Å². The molecule has 2 aromatic heterocycles. The second-order valence-electron chi connectivity index (χ2n) is 10.8. The highest BCUT2D eigenvalue weighted by Gasteiger charge is 2.32. The van der Waals surface area contributed by atoms with Crippen molar-refractivity contribution in [2.45, 2.75) is 59.2 Å². The SMILES string of the molecule is CC(=O)[C@@H](OC(C)(C)C)c1c(C)cc2nc(N3CCC3)sc2c1-c1ccc2c3c(ccnc13)CCO2. The number of Topliss-reactive ketones (excluding diaryl/α,β-unsaturated/α-hetero) is 1. The number of carbonyl (C=O) groups is 1. The number of benzene rings is 2. The van der Waals surface area contributed by atoms with E-state index in [1.807, 2.05) is 33.0 Å². The maximum atomic E-state index is 13.1. The molecule has 4 aromatic rings. The number of anilines is 1. The number of hydrogen-bond acceptors (Lipinski definition) is 7. The van der Waals surface area contributed by atoms with Crippen LogP contribution < -0.4 is 9.64 Å². The van der Waals surface area contributed by atoms with E-state index >= 15 is 0 Å². The number of ketones is 1. The van der Waals surface area contributed by atoms with Gasteiger partial charge in [-0.05, 0) is 76.4 Å². The van der Waals surface area contributed by atoms with Crippen LogP contribution in [0.25, 0.3) is 32.2 Å². The largest absolute Gasteiger partial charge is 0.493 e. The first-order valence-corrected chi connectivity index (χ1v) is 13.4. The summed E-state index contributed by atoms with van der Waals surface area (Å²) in [4.78, 5) is 25.3. The Morgan fingerprint density at radius 1 is 1.22 bits per heavy atom. The van der Waals surface area contributed by atoms with Crippen LogP contribution in [0.5, 0.6) is 5.75 Å². The van der Waals surface area contributed by atoms with Crippen molar-refractivity contribution in [3.8, 4) is 16.9 Å². The molecule has 0 spiro atoms. The zero-order valence-electron chi connectivity index (χ0n) is 21.5. The smallest absolute Gasteiger partial charge is 0.186 e. The first kappa shape index (κ1) is 23.4. The minimum absolute atomic E-state index is 0.0138. The van der Waals surface area contributed by atoms with Gasteiger partial charge in [-0.25, -0.2) is 4.98 Å². The van der Waals surface area contributed by atoms with E-state index < -0.39 is 11.7 Å². The maximum absolute atomic E-state index is 13.1. The highest BCUT2D eigenvalue weighted by Crippen LogP contribution is 2.47. The molecule has 2 aromatic carbocycles. The fourth-order valence-corrected chi connectivity index (χ4v) is 6.42. The molecule has 1 atom stereocenters. The summed E-state index contributed by atoms with van der Waals surface area (Å²) in [6.45, 7) is 12.4. The number of aromatic nitrogens is 2. The van der Waals surface area contributed by atoms with E-state index in [-0.39, 0.29) is 5.78 Å². The van der Waals surface area contributed by atoms with Crippen LogP contribution in [0.1, 0.15) is 56.9 Å². The summed E-state index contributed by atoms with van der Waals surface area (Å²) in [5.41, 5.74) is 6.50. The first-order valence-electron chi connectivity index (χ1n) is 12.6. The van der Waals surface area contributed by atoms with Crippen molar-refractivity contribution in [1.82, 2.24) is 9.97 Å². The summed E-state index contributed by atoms with van der Waals surface area (Å²) in [5.74, 6) is 0.855. The number of carbonyl (C=O) groups excluding carboxylic acids is 1. The van der Waals surface area contributed by atoms with Gasteiger partial charge in [0.15, 0.2) is 10.9 Å². The summed E-state index contributed by atoms with van der Waals surface area (Å²) in [6, 6.07) is 8.33. The maximum Gasteiger partial charge on any atom is 0.186 e. The molecule has 0 N–H and O–H groups in total. The highest BCUT2D eigenvalue weighted by atomic mass is 32.1. The molecular formula is C29H31N3O3S. The number of nitrogens with zero attached hydrogens (tertiary/aromatic N) is 3. The lowest BCUT2D eigenvalue weighted by atomic mass is 9.88. The quantitative estimate of drug-likeness (QED) is 0.315. The number of hydrogen-bond donors (Lipinski definition) is 0. The van der Waals surface area contributed by atoms with Gasteiger partial charge in [-0.15, -0.1) is 0 Å². The molecule has 186 valence electrons. The number of fused-ring (bicyclic) bond motifs is 1. The second-order valence-corrected chi connectivity index (χ2v) is 11.8. The van der Waals surface area contributed by atoms with E-state index in [1.165, 1.54) is 12.0 Å². The van der Waals surface area contributed by atoms with E-state index in [4.69, 9.17) is 19.4 Å². The number of thiazole rings is 1. The Balaban J connectivity index is 1.70. The van der Waals surface area contributed by atoms with Gasteiger partial charge in [-0.2, -0.15) is 0 Å². The van der Waals surface area contributed by atoms with Gasteiger partial charge in [0.05, 0.1) is 27.9 Å². The summed E-state index contributed by atoms with van der Waals surface area (Å²) in [7, 11) is 0. The molecule has 6 nitrogen and oxygen atoms in total. The van der Waals surface area contributed by atoms with Gasteiger partial charge in [0.1, 0.15) is 11.9 Å². The fraction of sp³-hybridized carbons (Fsp3) is 0.414. The number of ether oxygens (including phenoxy) is 2. The normalized spacial score (nSPS) is 16.2. The molecule has 0 aliphatic carbocycles. The van der Waals surface area contributed by atoms with Crippen molar-refractivity contribution in [2.75, 3.05) is 24.6 Å². The topological polar surface area (TPSA) is 64.5 Å². The average molecular weight is 502 g/mol.